The number of hydrogen-bond donors (Lipinski definition) is 2. The normalized spacial score (nSPS) is 18.3. The second-order valence-corrected chi connectivity index (χ2v) is 4.30. The maximum Gasteiger partial charge on any atom is 0.315 e. The molecule has 0 saturated heterocycles. The minimum Gasteiger partial charge on any atom is -0.336 e. The fraction of sp³-hybridized carbons (Fsp3) is 0.462. The van der Waals surface area contributed by atoms with E-state index < -0.39 is 6.67 Å². The van der Waals surface area contributed by atoms with Gasteiger partial charge in [-0.3, -0.25) is 0 Å². The Morgan fingerprint density at radius 3 is 2.88 bits per heavy atom. The zero-order valence-electron chi connectivity index (χ0n) is 9.71. The average Bonchev–Trinajstić information content (AvgIpc) is 2.36. The number of hydrogen-bond acceptors (Lipinski definition) is 1. The van der Waals surface area contributed by atoms with Crippen LogP contribution in [0.25, 0.3) is 0 Å². The third kappa shape index (κ3) is 3.19. The Morgan fingerprint density at radius 2 is 2.12 bits per heavy atom. The first-order valence-corrected chi connectivity index (χ1v) is 5.96. The number of fused-ring (bicyclic) bond motifs is 1. The van der Waals surface area contributed by atoms with Gasteiger partial charge in [0.2, 0.25) is 0 Å². The van der Waals surface area contributed by atoms with E-state index in [1.807, 2.05) is 12.1 Å². The molecule has 2 N–H and O–H groups in total. The molecule has 0 aliphatic heterocycles. The Kier molecular flexibility index (Phi) is 3.96. The van der Waals surface area contributed by atoms with Crippen molar-refractivity contribution in [1.29, 1.82) is 0 Å². The quantitative estimate of drug-likeness (QED) is 0.825. The van der Waals surface area contributed by atoms with Gasteiger partial charge in [0.25, 0.3) is 0 Å². The number of rotatable bonds is 3. The van der Waals surface area contributed by atoms with Gasteiger partial charge in [0, 0.05) is 12.6 Å². The number of aryl methyl sites for hydroxylation is 1. The summed E-state index contributed by atoms with van der Waals surface area (Å²) in [7, 11) is 0. The molecule has 2 amide bonds. The van der Waals surface area contributed by atoms with E-state index in [1.165, 1.54) is 11.1 Å². The number of carbonyl (C=O) groups is 1. The predicted molar refractivity (Wildman–Crippen MR) is 64.8 cm³/mol. The van der Waals surface area contributed by atoms with Gasteiger partial charge in [-0.05, 0) is 30.4 Å². The van der Waals surface area contributed by atoms with Crippen LogP contribution in [0, 0.1) is 0 Å². The monoisotopic (exact) mass is 236 g/mol. The van der Waals surface area contributed by atoms with Crippen LogP contribution in [-0.4, -0.2) is 25.3 Å². The molecule has 0 radical (unpaired) electrons. The zero-order valence-corrected chi connectivity index (χ0v) is 9.71. The van der Waals surface area contributed by atoms with E-state index in [9.17, 15) is 9.18 Å². The molecule has 4 heteroatoms. The number of benzene rings is 1. The van der Waals surface area contributed by atoms with Gasteiger partial charge in [-0.15, -0.1) is 0 Å². The minimum absolute atomic E-state index is 0.0785. The smallest absolute Gasteiger partial charge is 0.315 e. The molecule has 0 saturated carbocycles. The molecule has 1 aromatic rings. The lowest BCUT2D eigenvalue weighted by Gasteiger charge is -2.25. The van der Waals surface area contributed by atoms with Crippen LogP contribution in [0.1, 0.15) is 17.5 Å². The summed E-state index contributed by atoms with van der Waals surface area (Å²) < 4.78 is 11.9. The minimum atomic E-state index is -0.527. The van der Waals surface area contributed by atoms with Gasteiger partial charge in [0.1, 0.15) is 6.67 Å². The Morgan fingerprint density at radius 1 is 1.35 bits per heavy atom. The first-order chi connectivity index (χ1) is 8.29. The molecule has 92 valence electrons. The van der Waals surface area contributed by atoms with E-state index in [0.717, 1.165) is 19.3 Å². The number of urea groups is 1. The molecular weight excluding hydrogens is 219 g/mol. The van der Waals surface area contributed by atoms with Crippen molar-refractivity contribution in [2.24, 2.45) is 0 Å². The van der Waals surface area contributed by atoms with Crippen LogP contribution in [0.3, 0.4) is 0 Å². The van der Waals surface area contributed by atoms with Gasteiger partial charge in [-0.25, -0.2) is 9.18 Å². The van der Waals surface area contributed by atoms with E-state index in [0.29, 0.717) is 0 Å². The molecule has 17 heavy (non-hydrogen) atoms. The first-order valence-electron chi connectivity index (χ1n) is 5.96. The Bertz CT molecular complexity index is 395. The van der Waals surface area contributed by atoms with Gasteiger partial charge < -0.3 is 10.6 Å². The first kappa shape index (κ1) is 11.9. The molecule has 0 aromatic heterocycles. The number of alkyl halides is 1. The van der Waals surface area contributed by atoms with Gasteiger partial charge in [-0.1, -0.05) is 24.3 Å². The highest BCUT2D eigenvalue weighted by Gasteiger charge is 2.19. The fourth-order valence-corrected chi connectivity index (χ4v) is 2.22. The Hall–Kier alpha value is -1.58. The zero-order chi connectivity index (χ0) is 12.1. The van der Waals surface area contributed by atoms with Crippen LogP contribution in [0.2, 0.25) is 0 Å². The fourth-order valence-electron chi connectivity index (χ4n) is 2.22. The lowest BCUT2D eigenvalue weighted by atomic mass is 9.88. The third-order valence-electron chi connectivity index (χ3n) is 3.06. The Labute approximate surface area is 100 Å². The van der Waals surface area contributed by atoms with Crippen molar-refractivity contribution in [2.45, 2.75) is 25.3 Å². The van der Waals surface area contributed by atoms with Crippen molar-refractivity contribution < 1.29 is 9.18 Å². The van der Waals surface area contributed by atoms with Crippen molar-refractivity contribution in [1.82, 2.24) is 10.6 Å². The molecule has 1 aliphatic carbocycles. The van der Waals surface area contributed by atoms with Crippen LogP contribution in [0.4, 0.5) is 9.18 Å². The van der Waals surface area contributed by atoms with Crippen LogP contribution in [0.5, 0.6) is 0 Å². The van der Waals surface area contributed by atoms with E-state index in [2.05, 4.69) is 22.8 Å². The van der Waals surface area contributed by atoms with Crippen molar-refractivity contribution in [3.63, 3.8) is 0 Å². The molecule has 1 unspecified atom stereocenters. The van der Waals surface area contributed by atoms with Gasteiger partial charge >= 0.3 is 6.03 Å². The lowest BCUT2D eigenvalue weighted by molar-refractivity contribution is 0.234. The molecule has 0 bridgehead atoms. The largest absolute Gasteiger partial charge is 0.336 e. The molecule has 3 nitrogen and oxygen atoms in total. The number of halogens is 1. The van der Waals surface area contributed by atoms with Crippen LogP contribution in [0.15, 0.2) is 24.3 Å². The van der Waals surface area contributed by atoms with Crippen molar-refractivity contribution in [3.05, 3.63) is 35.4 Å². The van der Waals surface area contributed by atoms with Crippen LogP contribution in [-0.2, 0) is 12.8 Å². The summed E-state index contributed by atoms with van der Waals surface area (Å²) >= 11 is 0. The summed E-state index contributed by atoms with van der Waals surface area (Å²) in [5.74, 6) is 0. The van der Waals surface area contributed by atoms with Crippen molar-refractivity contribution >= 4 is 6.03 Å². The average molecular weight is 236 g/mol. The highest BCUT2D eigenvalue weighted by molar-refractivity contribution is 5.74. The maximum atomic E-state index is 11.9. The maximum absolute atomic E-state index is 11.9. The molecule has 0 heterocycles. The third-order valence-corrected chi connectivity index (χ3v) is 3.06. The van der Waals surface area contributed by atoms with Crippen molar-refractivity contribution in [3.8, 4) is 0 Å². The predicted octanol–water partition coefficient (Wildman–Crippen LogP) is 1.81. The second-order valence-electron chi connectivity index (χ2n) is 4.30. The Balaban J connectivity index is 1.88. The molecule has 0 fully saturated rings. The summed E-state index contributed by atoms with van der Waals surface area (Å²) in [6.07, 6.45) is 2.80. The highest BCUT2D eigenvalue weighted by Crippen LogP contribution is 2.20. The van der Waals surface area contributed by atoms with Crippen LogP contribution < -0.4 is 10.6 Å². The molecule has 2 rings (SSSR count). The number of nitrogens with one attached hydrogen (secondary N) is 2. The van der Waals surface area contributed by atoms with E-state index >= 15 is 0 Å². The molecule has 1 atom stereocenters. The lowest BCUT2D eigenvalue weighted by Crippen LogP contribution is -2.45. The van der Waals surface area contributed by atoms with Gasteiger partial charge in [0.05, 0.1) is 0 Å². The van der Waals surface area contributed by atoms with Gasteiger partial charge in [-0.2, -0.15) is 0 Å². The topological polar surface area (TPSA) is 41.1 Å². The number of amides is 2. The second kappa shape index (κ2) is 5.66. The molecule has 1 aromatic carbocycles. The summed E-state index contributed by atoms with van der Waals surface area (Å²) in [5, 5.41) is 5.36. The molecule has 0 spiro atoms. The standard InChI is InChI=1S/C13H17FN2O/c14-7-8-15-13(17)16-12-6-5-10-3-1-2-4-11(10)9-12/h1-4,12H,5-9H2,(H2,15,16,17). The summed E-state index contributed by atoms with van der Waals surface area (Å²) in [4.78, 5) is 11.4. The molecule has 1 aliphatic rings. The number of carbonyl (C=O) groups excluding carboxylic acids is 1. The summed E-state index contributed by atoms with van der Waals surface area (Å²) in [5.41, 5.74) is 2.67. The molecular formula is C13H17FN2O. The van der Waals surface area contributed by atoms with E-state index in [-0.39, 0.29) is 18.6 Å². The SMILES string of the molecule is O=C(NCCF)NC1CCc2ccccc2C1. The summed E-state index contributed by atoms with van der Waals surface area (Å²) in [6, 6.07) is 8.18. The van der Waals surface area contributed by atoms with Crippen LogP contribution >= 0.6 is 0 Å². The van der Waals surface area contributed by atoms with Crippen molar-refractivity contribution in [2.75, 3.05) is 13.2 Å². The van der Waals surface area contributed by atoms with E-state index in [1.54, 1.807) is 0 Å². The highest BCUT2D eigenvalue weighted by atomic mass is 19.1. The van der Waals surface area contributed by atoms with Gasteiger partial charge in [0.15, 0.2) is 0 Å². The van der Waals surface area contributed by atoms with E-state index in [4.69, 9.17) is 0 Å². The summed E-state index contributed by atoms with van der Waals surface area (Å²) in [6.45, 7) is -0.448.